The number of alkyl halides is 8. The number of aliphatic carboxylic acids is 1. The number of hydrogen-bond donors (Lipinski definition) is 1. The van der Waals surface area contributed by atoms with Gasteiger partial charge >= 0.3 is 11.9 Å². The highest BCUT2D eigenvalue weighted by Gasteiger charge is 2.86. The van der Waals surface area contributed by atoms with Crippen molar-refractivity contribution in [3.63, 3.8) is 0 Å². The van der Waals surface area contributed by atoms with Gasteiger partial charge < -0.3 is 9.84 Å². The van der Waals surface area contributed by atoms with Crippen LogP contribution in [-0.2, 0) is 14.3 Å². The van der Waals surface area contributed by atoms with Crippen molar-refractivity contribution in [2.24, 2.45) is 17.8 Å². The quantitative estimate of drug-likeness (QED) is 0.243. The van der Waals surface area contributed by atoms with Crippen LogP contribution in [0.3, 0.4) is 0 Å². The van der Waals surface area contributed by atoms with E-state index in [-0.39, 0.29) is 26.5 Å². The molecule has 16 heteroatoms. The maximum absolute atomic E-state index is 13.2. The van der Waals surface area contributed by atoms with E-state index in [1.165, 1.54) is 0 Å². The molecule has 4 aliphatic rings. The predicted molar refractivity (Wildman–Crippen MR) is 134 cm³/mol. The molecule has 4 bridgehead atoms. The number of halogens is 12. The fourth-order valence-electron chi connectivity index (χ4n) is 5.07. The lowest BCUT2D eigenvalue weighted by Gasteiger charge is -2.35. The summed E-state index contributed by atoms with van der Waals surface area (Å²) in [5, 5.41) is 8.99. The van der Waals surface area contributed by atoms with Gasteiger partial charge in [0.2, 0.25) is 0 Å². The molecule has 4 nitrogen and oxygen atoms in total. The zero-order valence-electron chi connectivity index (χ0n) is 15.4. The minimum atomic E-state index is -2.27. The van der Waals surface area contributed by atoms with Crippen LogP contribution in [-0.4, -0.2) is 51.8 Å². The fourth-order valence-corrected chi connectivity index (χ4v) is 10.8. The first-order valence-electron chi connectivity index (χ1n) is 8.84. The van der Waals surface area contributed by atoms with Gasteiger partial charge in [0, 0.05) is 5.92 Å². The Hall–Kier alpha value is 1.90. The van der Waals surface area contributed by atoms with Crippen molar-refractivity contribution in [2.45, 2.75) is 34.6 Å². The molecule has 2 fully saturated rings. The lowest BCUT2D eigenvalue weighted by atomic mass is 9.82. The molecule has 4 aliphatic carbocycles. The molecule has 33 heavy (non-hydrogen) atoms. The molecule has 0 aromatic rings. The lowest BCUT2D eigenvalue weighted by molar-refractivity contribution is -0.158. The van der Waals surface area contributed by atoms with Gasteiger partial charge in [-0.3, -0.25) is 9.59 Å². The molecule has 0 radical (unpaired) electrons. The zero-order valence-corrected chi connectivity index (χ0v) is 24.4. The second-order valence-corrected chi connectivity index (χ2v) is 14.8. The Morgan fingerprint density at radius 3 is 1.64 bits per heavy atom. The van der Waals surface area contributed by atoms with Gasteiger partial charge in [-0.15, -0.1) is 46.4 Å². The number of fused-ring (bicyclic) bond motifs is 4. The van der Waals surface area contributed by atoms with Crippen molar-refractivity contribution >= 4 is 151 Å². The topological polar surface area (TPSA) is 63.6 Å². The van der Waals surface area contributed by atoms with Crippen LogP contribution >= 0.6 is 139 Å². The highest BCUT2D eigenvalue weighted by molar-refractivity contribution is 6.67. The summed E-state index contributed by atoms with van der Waals surface area (Å²) in [6, 6.07) is 0. The van der Waals surface area contributed by atoms with Crippen LogP contribution < -0.4 is 0 Å². The van der Waals surface area contributed by atoms with E-state index in [0.717, 1.165) is 0 Å². The van der Waals surface area contributed by atoms with Crippen LogP contribution in [0.25, 0.3) is 0 Å². The third-order valence-electron chi connectivity index (χ3n) is 6.79. The maximum atomic E-state index is 13.2. The summed E-state index contributed by atoms with van der Waals surface area (Å²) >= 11 is 76.8. The Morgan fingerprint density at radius 2 is 1.21 bits per heavy atom. The van der Waals surface area contributed by atoms with E-state index in [1.54, 1.807) is 0 Å². The Balaban J connectivity index is 1.66. The van der Waals surface area contributed by atoms with Crippen LogP contribution in [0.4, 0.5) is 0 Å². The van der Waals surface area contributed by atoms with Crippen molar-refractivity contribution in [2.75, 3.05) is 6.61 Å². The Morgan fingerprint density at radius 1 is 0.758 bits per heavy atom. The van der Waals surface area contributed by atoms with Gasteiger partial charge in [0.05, 0.1) is 38.6 Å². The predicted octanol–water partition coefficient (Wildman–Crippen LogP) is 7.54. The van der Waals surface area contributed by atoms with E-state index in [1.807, 2.05) is 0 Å². The van der Waals surface area contributed by atoms with Crippen LogP contribution in [0.1, 0.15) is 6.42 Å². The molecule has 0 heterocycles. The average molecular weight is 702 g/mol. The Labute approximate surface area is 247 Å². The van der Waals surface area contributed by atoms with E-state index in [9.17, 15) is 14.7 Å². The van der Waals surface area contributed by atoms with E-state index in [0.29, 0.717) is 0 Å². The van der Waals surface area contributed by atoms with E-state index < -0.39 is 64.5 Å². The van der Waals surface area contributed by atoms with Crippen molar-refractivity contribution in [3.05, 3.63) is 20.1 Å². The number of esters is 1. The van der Waals surface area contributed by atoms with Gasteiger partial charge in [-0.1, -0.05) is 92.8 Å². The minimum Gasteiger partial charge on any atom is -0.481 e. The number of carbonyl (C=O) groups is 2. The van der Waals surface area contributed by atoms with Crippen molar-refractivity contribution < 1.29 is 19.4 Å². The molecule has 0 aromatic carbocycles. The van der Waals surface area contributed by atoms with Crippen molar-refractivity contribution in [1.82, 2.24) is 0 Å². The standard InChI is InChI=1S/C17H8Cl12O4/c18-6-7(19)13(23)3(1-12(6,22)16(13,26)27)2-33-11(32)5-4(10(30)31)14(24)8(20)9(21)15(5,25)17(14,28)29/h3-5H,1-2H2,(H,30,31). The average Bonchev–Trinajstić information content (AvgIpc) is 3.06. The molecule has 0 saturated heterocycles. The summed E-state index contributed by atoms with van der Waals surface area (Å²) in [5.74, 6) is -6.98. The number of allylic oxidation sites excluding steroid dienone is 4. The molecule has 2 saturated carbocycles. The normalized spacial score (nSPS) is 47.0. The first-order chi connectivity index (χ1) is 14.8. The number of carboxylic acids is 1. The van der Waals surface area contributed by atoms with Crippen LogP contribution in [0.15, 0.2) is 20.1 Å². The summed E-state index contributed by atoms with van der Waals surface area (Å²) in [6.07, 6.45) is -0.00663. The zero-order chi connectivity index (χ0) is 25.3. The summed E-state index contributed by atoms with van der Waals surface area (Å²) in [5.41, 5.74) is 0. The summed E-state index contributed by atoms with van der Waals surface area (Å²) in [6.45, 7) is -0.434. The highest BCUT2D eigenvalue weighted by atomic mass is 35.5. The van der Waals surface area contributed by atoms with Crippen LogP contribution in [0, 0.1) is 17.8 Å². The van der Waals surface area contributed by atoms with Crippen LogP contribution in [0.5, 0.6) is 0 Å². The van der Waals surface area contributed by atoms with Crippen molar-refractivity contribution in [1.29, 1.82) is 0 Å². The lowest BCUT2D eigenvalue weighted by Crippen LogP contribution is -2.47. The summed E-state index contributed by atoms with van der Waals surface area (Å²) in [7, 11) is 0. The van der Waals surface area contributed by atoms with Gasteiger partial charge in [0.25, 0.3) is 0 Å². The minimum absolute atomic E-state index is 0.00663. The van der Waals surface area contributed by atoms with Gasteiger partial charge in [-0.05, 0) is 6.42 Å². The molecule has 0 spiro atoms. The van der Waals surface area contributed by atoms with Crippen LogP contribution in [0.2, 0.25) is 0 Å². The largest absolute Gasteiger partial charge is 0.481 e. The molecule has 0 aromatic heterocycles. The molecular weight excluding hydrogens is 694 g/mol. The molecule has 184 valence electrons. The second-order valence-electron chi connectivity index (χ2n) is 8.17. The SMILES string of the molecule is O=C(O)C1C(C(=O)OCC2CC3(Cl)C(Cl)=C(Cl)C2(Cl)C3(Cl)Cl)C2(Cl)C(Cl)=C(Cl)C1(Cl)C2(Cl)Cl. The smallest absolute Gasteiger partial charge is 0.312 e. The number of ether oxygens (including phenoxy) is 1. The van der Waals surface area contributed by atoms with E-state index in [2.05, 4.69) is 0 Å². The molecule has 7 atom stereocenters. The molecule has 0 amide bonds. The first kappa shape index (κ1) is 27.9. The second kappa shape index (κ2) is 7.96. The third-order valence-corrected chi connectivity index (χ3v) is 15.4. The molecule has 7 unspecified atom stereocenters. The number of carbonyl (C=O) groups excluding carboxylic acids is 1. The maximum Gasteiger partial charge on any atom is 0.312 e. The summed E-state index contributed by atoms with van der Waals surface area (Å²) < 4.78 is 1.29. The molecule has 1 N–H and O–H groups in total. The highest BCUT2D eigenvalue weighted by Crippen LogP contribution is 2.77. The third kappa shape index (κ3) is 2.86. The van der Waals surface area contributed by atoms with Gasteiger partial charge in [-0.2, -0.15) is 0 Å². The Kier molecular flexibility index (Phi) is 6.73. The molecule has 0 aliphatic heterocycles. The van der Waals surface area contributed by atoms with E-state index in [4.69, 9.17) is 144 Å². The first-order valence-corrected chi connectivity index (χ1v) is 13.4. The molecular formula is C17H8Cl12O4. The number of carboxylic acid groups (broad SMARTS) is 1. The molecule has 4 rings (SSSR count). The fraction of sp³-hybridized carbons (Fsp3) is 0.647. The van der Waals surface area contributed by atoms with E-state index >= 15 is 0 Å². The monoisotopic (exact) mass is 696 g/mol. The van der Waals surface area contributed by atoms with Gasteiger partial charge in [0.1, 0.15) is 19.5 Å². The number of hydrogen-bond acceptors (Lipinski definition) is 3. The summed E-state index contributed by atoms with van der Waals surface area (Å²) in [4.78, 5) is 17.7. The Bertz CT molecular complexity index is 1060. The van der Waals surface area contributed by atoms with Gasteiger partial charge in [0.15, 0.2) is 8.67 Å². The van der Waals surface area contributed by atoms with Crippen molar-refractivity contribution in [3.8, 4) is 0 Å². The van der Waals surface area contributed by atoms with Gasteiger partial charge in [-0.25, -0.2) is 0 Å². The number of rotatable bonds is 4.